The minimum atomic E-state index is -1.56. The maximum atomic E-state index is 14.3. The summed E-state index contributed by atoms with van der Waals surface area (Å²) in [5.74, 6) is -0.187. The average molecular weight is 440 g/mol. The predicted molar refractivity (Wildman–Crippen MR) is 124 cm³/mol. The predicted octanol–water partition coefficient (Wildman–Crippen LogP) is 3.88. The summed E-state index contributed by atoms with van der Waals surface area (Å²) >= 11 is 0. The zero-order valence-electron chi connectivity index (χ0n) is 18.7. The fourth-order valence-electron chi connectivity index (χ4n) is 5.45. The smallest absolute Gasteiger partial charge is 0.247 e. The van der Waals surface area contributed by atoms with Gasteiger partial charge in [0, 0.05) is 30.6 Å². The number of benzene rings is 2. The van der Waals surface area contributed by atoms with Crippen LogP contribution in [0.5, 0.6) is 0 Å². The van der Waals surface area contributed by atoms with Crippen LogP contribution >= 0.6 is 0 Å². The van der Waals surface area contributed by atoms with E-state index in [1.807, 2.05) is 68.4 Å². The third kappa shape index (κ3) is 3.00. The number of para-hydroxylation sites is 1. The van der Waals surface area contributed by atoms with E-state index in [1.54, 1.807) is 4.90 Å². The molecule has 2 aromatic carbocycles. The molecule has 0 radical (unpaired) electrons. The van der Waals surface area contributed by atoms with Crippen molar-refractivity contribution in [1.82, 2.24) is 0 Å². The first kappa shape index (κ1) is 21.0. The molecule has 2 aliphatic heterocycles. The number of nitrogens with two attached hydrogens (primary N) is 1. The van der Waals surface area contributed by atoms with Crippen molar-refractivity contribution < 1.29 is 14.3 Å². The van der Waals surface area contributed by atoms with Gasteiger partial charge in [-0.05, 0) is 23.5 Å². The lowest BCUT2D eigenvalue weighted by atomic mass is 9.62. The Balaban J connectivity index is 1.70. The van der Waals surface area contributed by atoms with E-state index in [0.29, 0.717) is 36.4 Å². The number of ketones is 1. The highest BCUT2D eigenvalue weighted by Crippen LogP contribution is 2.57. The van der Waals surface area contributed by atoms with Crippen LogP contribution in [0, 0.1) is 16.7 Å². The van der Waals surface area contributed by atoms with Gasteiger partial charge in [-0.1, -0.05) is 62.4 Å². The first-order valence-electron chi connectivity index (χ1n) is 11.1. The molecule has 166 valence electrons. The molecule has 5 rings (SSSR count). The number of anilines is 1. The summed E-state index contributed by atoms with van der Waals surface area (Å²) in [6.07, 6.45) is 1.38. The molecule has 6 nitrogen and oxygen atoms in total. The summed E-state index contributed by atoms with van der Waals surface area (Å²) in [6.45, 7) is 4.39. The molecular weight excluding hydrogens is 414 g/mol. The monoisotopic (exact) mass is 439 g/mol. The van der Waals surface area contributed by atoms with Crippen LogP contribution in [0.2, 0.25) is 0 Å². The SMILES string of the molecule is CC1(C)CC(=O)C2=C(C1)OC(N)=C(C#N)[C@]21C(=O)N(CCc2ccccc2)c2ccccc21. The van der Waals surface area contributed by atoms with Gasteiger partial charge in [0.15, 0.2) is 5.78 Å². The zero-order valence-corrected chi connectivity index (χ0v) is 18.7. The lowest BCUT2D eigenvalue weighted by Crippen LogP contribution is -2.50. The van der Waals surface area contributed by atoms with Gasteiger partial charge in [0.25, 0.3) is 0 Å². The van der Waals surface area contributed by atoms with Crippen molar-refractivity contribution in [2.45, 2.75) is 38.5 Å². The molecule has 2 heterocycles. The average Bonchev–Trinajstić information content (AvgIpc) is 3.00. The van der Waals surface area contributed by atoms with Crippen LogP contribution in [0.4, 0.5) is 5.69 Å². The summed E-state index contributed by atoms with van der Waals surface area (Å²) in [7, 11) is 0. The minimum absolute atomic E-state index is 0.00559. The van der Waals surface area contributed by atoms with E-state index in [0.717, 1.165) is 5.56 Å². The fourth-order valence-corrected chi connectivity index (χ4v) is 5.45. The van der Waals surface area contributed by atoms with Gasteiger partial charge in [-0.2, -0.15) is 5.26 Å². The number of nitrogens with zero attached hydrogens (tertiary/aromatic N) is 2. The second-order valence-electron chi connectivity index (χ2n) is 9.65. The molecular formula is C27H25N3O3. The number of allylic oxidation sites excluding steroid dienone is 1. The Hall–Kier alpha value is -3.85. The van der Waals surface area contributed by atoms with Crippen molar-refractivity contribution in [3.8, 4) is 6.07 Å². The molecule has 1 atom stereocenters. The third-order valence-corrected chi connectivity index (χ3v) is 6.81. The molecule has 0 aromatic heterocycles. The highest BCUT2D eigenvalue weighted by Gasteiger charge is 2.62. The number of amides is 1. The van der Waals surface area contributed by atoms with Crippen molar-refractivity contribution >= 4 is 17.4 Å². The van der Waals surface area contributed by atoms with Gasteiger partial charge in [0.05, 0.1) is 5.57 Å². The highest BCUT2D eigenvalue weighted by molar-refractivity contribution is 6.20. The van der Waals surface area contributed by atoms with E-state index >= 15 is 0 Å². The molecule has 33 heavy (non-hydrogen) atoms. The number of hydrogen-bond acceptors (Lipinski definition) is 5. The van der Waals surface area contributed by atoms with Crippen LogP contribution in [0.1, 0.15) is 37.8 Å². The van der Waals surface area contributed by atoms with Crippen LogP contribution in [-0.2, 0) is 26.2 Å². The highest BCUT2D eigenvalue weighted by atomic mass is 16.5. The topological polar surface area (TPSA) is 96.4 Å². The number of ether oxygens (including phenoxy) is 1. The molecule has 1 aliphatic carbocycles. The van der Waals surface area contributed by atoms with E-state index < -0.39 is 5.41 Å². The van der Waals surface area contributed by atoms with Gasteiger partial charge in [-0.15, -0.1) is 0 Å². The molecule has 0 saturated carbocycles. The van der Waals surface area contributed by atoms with Crippen molar-refractivity contribution in [2.24, 2.45) is 11.1 Å². The Bertz CT molecular complexity index is 1280. The van der Waals surface area contributed by atoms with Crippen LogP contribution < -0.4 is 10.6 Å². The van der Waals surface area contributed by atoms with Crippen molar-refractivity contribution in [1.29, 1.82) is 5.26 Å². The lowest BCUT2D eigenvalue weighted by molar-refractivity contribution is -0.125. The molecule has 3 aliphatic rings. The quantitative estimate of drug-likeness (QED) is 0.783. The third-order valence-electron chi connectivity index (χ3n) is 6.81. The lowest BCUT2D eigenvalue weighted by Gasteiger charge is -2.41. The van der Waals surface area contributed by atoms with Gasteiger partial charge in [0.1, 0.15) is 22.8 Å². The first-order chi connectivity index (χ1) is 15.8. The summed E-state index contributed by atoms with van der Waals surface area (Å²) in [5.41, 5.74) is 7.03. The molecule has 0 bridgehead atoms. The fraction of sp³-hybridized carbons (Fsp3) is 0.296. The van der Waals surface area contributed by atoms with E-state index in [-0.39, 0.29) is 40.6 Å². The largest absolute Gasteiger partial charge is 0.444 e. The summed E-state index contributed by atoms with van der Waals surface area (Å²) in [5, 5.41) is 10.1. The molecule has 2 aromatic rings. The molecule has 6 heteroatoms. The Morgan fingerprint density at radius 2 is 1.76 bits per heavy atom. The molecule has 0 saturated heterocycles. The molecule has 0 fully saturated rings. The van der Waals surface area contributed by atoms with Crippen molar-refractivity contribution in [2.75, 3.05) is 11.4 Å². The van der Waals surface area contributed by atoms with Gasteiger partial charge in [-0.3, -0.25) is 9.59 Å². The Labute approximate surface area is 192 Å². The number of rotatable bonds is 3. The van der Waals surface area contributed by atoms with E-state index in [4.69, 9.17) is 10.5 Å². The standard InChI is InChI=1S/C27H25N3O3/c1-26(2)14-21(31)23-22(15-26)33-24(29)19(16-28)27(23)18-10-6-7-11-20(18)30(25(27)32)13-12-17-8-4-3-5-9-17/h3-11H,12-15,29H2,1-2H3/t27-/m0/s1. The van der Waals surface area contributed by atoms with E-state index in [9.17, 15) is 14.9 Å². The second kappa shape index (κ2) is 7.35. The van der Waals surface area contributed by atoms with Crippen molar-refractivity contribution in [3.05, 3.63) is 88.5 Å². The van der Waals surface area contributed by atoms with Crippen LogP contribution in [0.3, 0.4) is 0 Å². The zero-order chi connectivity index (χ0) is 23.4. The maximum Gasteiger partial charge on any atom is 0.247 e. The second-order valence-corrected chi connectivity index (χ2v) is 9.65. The summed E-state index contributed by atoms with van der Waals surface area (Å²) < 4.78 is 5.84. The number of Topliss-reactive ketones (excluding diaryl/α,β-unsaturated/α-hetero) is 1. The first-order valence-corrected chi connectivity index (χ1v) is 11.1. The van der Waals surface area contributed by atoms with Gasteiger partial charge >= 0.3 is 0 Å². The summed E-state index contributed by atoms with van der Waals surface area (Å²) in [6, 6.07) is 19.4. The van der Waals surface area contributed by atoms with E-state index in [1.165, 1.54) is 0 Å². The number of carbonyl (C=O) groups excluding carboxylic acids is 2. The molecule has 0 unspecified atom stereocenters. The van der Waals surface area contributed by atoms with Crippen LogP contribution in [-0.4, -0.2) is 18.2 Å². The summed E-state index contributed by atoms with van der Waals surface area (Å²) in [4.78, 5) is 29.5. The Morgan fingerprint density at radius 1 is 1.06 bits per heavy atom. The van der Waals surface area contributed by atoms with Crippen molar-refractivity contribution in [3.63, 3.8) is 0 Å². The van der Waals surface area contributed by atoms with Crippen LogP contribution in [0.15, 0.2) is 77.4 Å². The molecule has 1 spiro atoms. The van der Waals surface area contributed by atoms with Gasteiger partial charge in [-0.25, -0.2) is 0 Å². The Morgan fingerprint density at radius 3 is 2.48 bits per heavy atom. The Kier molecular flexibility index (Phi) is 4.68. The number of carbonyl (C=O) groups is 2. The molecule has 1 amide bonds. The van der Waals surface area contributed by atoms with E-state index in [2.05, 4.69) is 6.07 Å². The van der Waals surface area contributed by atoms with Crippen LogP contribution in [0.25, 0.3) is 0 Å². The maximum absolute atomic E-state index is 14.3. The van der Waals surface area contributed by atoms with Gasteiger partial charge in [0.2, 0.25) is 11.8 Å². The molecule has 2 N–H and O–H groups in total. The normalized spacial score (nSPS) is 23.4. The number of fused-ring (bicyclic) bond motifs is 3. The number of nitriles is 1. The minimum Gasteiger partial charge on any atom is -0.444 e. The number of hydrogen-bond donors (Lipinski definition) is 1. The van der Waals surface area contributed by atoms with Gasteiger partial charge < -0.3 is 15.4 Å².